The number of nitrogens with one attached hydrogen (secondary N) is 1. The molecule has 3 aromatic rings. The Morgan fingerprint density at radius 1 is 1.15 bits per heavy atom. The molecule has 4 rings (SSSR count). The van der Waals surface area contributed by atoms with E-state index < -0.39 is 0 Å². The maximum atomic E-state index is 11.8. The number of esters is 1. The van der Waals surface area contributed by atoms with E-state index in [9.17, 15) is 4.79 Å². The van der Waals surface area contributed by atoms with Crippen molar-refractivity contribution in [3.8, 4) is 11.3 Å². The molecule has 7 heteroatoms. The van der Waals surface area contributed by atoms with E-state index in [1.165, 1.54) is 7.11 Å². The molecule has 1 aromatic carbocycles. The summed E-state index contributed by atoms with van der Waals surface area (Å²) < 4.78 is 4.79. The number of benzene rings is 1. The third kappa shape index (κ3) is 3.21. The van der Waals surface area contributed by atoms with Crippen molar-refractivity contribution in [2.24, 2.45) is 0 Å². The molecule has 26 heavy (non-hydrogen) atoms. The number of hydrogen-bond donors (Lipinski definition) is 1. The van der Waals surface area contributed by atoms with E-state index in [2.05, 4.69) is 20.2 Å². The van der Waals surface area contributed by atoms with Gasteiger partial charge in [0.05, 0.1) is 23.9 Å². The van der Waals surface area contributed by atoms with E-state index in [1.54, 1.807) is 24.5 Å². The minimum absolute atomic E-state index is 0.361. The smallest absolute Gasteiger partial charge is 0.337 e. The van der Waals surface area contributed by atoms with Gasteiger partial charge in [-0.1, -0.05) is 0 Å². The molecule has 0 atom stereocenters. The number of ether oxygens (including phenoxy) is 1. The Morgan fingerprint density at radius 2 is 2.00 bits per heavy atom. The van der Waals surface area contributed by atoms with E-state index in [0.717, 1.165) is 54.3 Å². The van der Waals surface area contributed by atoms with Gasteiger partial charge in [0, 0.05) is 49.5 Å². The molecule has 3 heterocycles. The van der Waals surface area contributed by atoms with Gasteiger partial charge in [-0.05, 0) is 30.3 Å². The van der Waals surface area contributed by atoms with Gasteiger partial charge in [0.25, 0.3) is 0 Å². The van der Waals surface area contributed by atoms with Gasteiger partial charge in [0.2, 0.25) is 5.95 Å². The number of rotatable bonds is 3. The molecule has 1 aliphatic rings. The van der Waals surface area contributed by atoms with Gasteiger partial charge in [0.15, 0.2) is 0 Å². The molecule has 0 radical (unpaired) electrons. The van der Waals surface area contributed by atoms with Crippen LogP contribution in [0, 0.1) is 0 Å². The summed E-state index contributed by atoms with van der Waals surface area (Å²) >= 11 is 0. The predicted molar refractivity (Wildman–Crippen MR) is 99.2 cm³/mol. The summed E-state index contributed by atoms with van der Waals surface area (Å²) in [6.07, 6.45) is 3.57. The van der Waals surface area contributed by atoms with Crippen molar-refractivity contribution >= 4 is 22.8 Å². The number of anilines is 1. The topological polar surface area (TPSA) is 80.2 Å². The Bertz CT molecular complexity index is 954. The average Bonchev–Trinajstić information content (AvgIpc) is 2.73. The van der Waals surface area contributed by atoms with Gasteiger partial charge in [-0.2, -0.15) is 0 Å². The second kappa shape index (κ2) is 7.05. The normalized spacial score (nSPS) is 14.4. The van der Waals surface area contributed by atoms with E-state index in [4.69, 9.17) is 9.72 Å². The van der Waals surface area contributed by atoms with Crippen LogP contribution in [0.1, 0.15) is 10.4 Å². The first kappa shape index (κ1) is 16.4. The fourth-order valence-electron chi connectivity index (χ4n) is 3.04. The van der Waals surface area contributed by atoms with Crippen LogP contribution in [0.4, 0.5) is 5.95 Å². The number of fused-ring (bicyclic) bond motifs is 1. The molecule has 1 saturated heterocycles. The lowest BCUT2D eigenvalue weighted by Crippen LogP contribution is -2.44. The van der Waals surface area contributed by atoms with Gasteiger partial charge >= 0.3 is 5.97 Å². The quantitative estimate of drug-likeness (QED) is 0.723. The lowest BCUT2D eigenvalue weighted by atomic mass is 10.1. The van der Waals surface area contributed by atoms with Crippen LogP contribution in [-0.4, -0.2) is 54.2 Å². The number of carbonyl (C=O) groups excluding carboxylic acids is 1. The second-order valence-corrected chi connectivity index (χ2v) is 6.10. The van der Waals surface area contributed by atoms with Crippen LogP contribution in [0.15, 0.2) is 42.7 Å². The number of pyridine rings is 1. The number of hydrogen-bond acceptors (Lipinski definition) is 7. The Hall–Kier alpha value is -3.06. The van der Waals surface area contributed by atoms with Crippen molar-refractivity contribution in [1.82, 2.24) is 20.3 Å². The molecule has 7 nitrogen and oxygen atoms in total. The molecular weight excluding hydrogens is 330 g/mol. The number of nitrogens with zero attached hydrogens (tertiary/aromatic N) is 4. The Morgan fingerprint density at radius 3 is 2.81 bits per heavy atom. The summed E-state index contributed by atoms with van der Waals surface area (Å²) in [4.78, 5) is 27.5. The summed E-state index contributed by atoms with van der Waals surface area (Å²) in [5, 5.41) is 4.19. The standard InChI is InChI=1S/C19H19N5O2/c1-26-18(25)13-2-3-16-14(10-13)11-15(12-22-16)17-4-5-21-19(23-17)24-8-6-20-7-9-24/h2-5,10-12,20H,6-9H2,1H3. The number of aromatic nitrogens is 3. The molecule has 0 unspecified atom stereocenters. The highest BCUT2D eigenvalue weighted by atomic mass is 16.5. The van der Waals surface area contributed by atoms with Crippen LogP contribution in [0.3, 0.4) is 0 Å². The summed E-state index contributed by atoms with van der Waals surface area (Å²) in [5.41, 5.74) is 3.02. The van der Waals surface area contributed by atoms with Crippen LogP contribution in [-0.2, 0) is 4.74 Å². The summed E-state index contributed by atoms with van der Waals surface area (Å²) in [6, 6.07) is 9.18. The third-order valence-corrected chi connectivity index (χ3v) is 4.44. The average molecular weight is 349 g/mol. The SMILES string of the molecule is COC(=O)c1ccc2ncc(-c3ccnc(N4CCNCC4)n3)cc2c1. The Labute approximate surface area is 151 Å². The van der Waals surface area contributed by atoms with Crippen LogP contribution < -0.4 is 10.2 Å². The van der Waals surface area contributed by atoms with Gasteiger partial charge in [-0.3, -0.25) is 4.98 Å². The van der Waals surface area contributed by atoms with E-state index in [0.29, 0.717) is 5.56 Å². The molecule has 0 aliphatic carbocycles. The van der Waals surface area contributed by atoms with Crippen molar-refractivity contribution < 1.29 is 9.53 Å². The lowest BCUT2D eigenvalue weighted by molar-refractivity contribution is 0.0601. The molecule has 2 aromatic heterocycles. The zero-order chi connectivity index (χ0) is 17.9. The Kier molecular flexibility index (Phi) is 4.45. The highest BCUT2D eigenvalue weighted by Gasteiger charge is 2.14. The van der Waals surface area contributed by atoms with Gasteiger partial charge < -0.3 is 15.0 Å². The zero-order valence-corrected chi connectivity index (χ0v) is 14.5. The summed E-state index contributed by atoms with van der Waals surface area (Å²) in [7, 11) is 1.37. The highest BCUT2D eigenvalue weighted by molar-refractivity contribution is 5.95. The first-order chi connectivity index (χ1) is 12.7. The van der Waals surface area contributed by atoms with E-state index in [1.807, 2.05) is 18.2 Å². The van der Waals surface area contributed by atoms with Crippen molar-refractivity contribution in [3.05, 3.63) is 48.3 Å². The van der Waals surface area contributed by atoms with Crippen LogP contribution in [0.25, 0.3) is 22.2 Å². The van der Waals surface area contributed by atoms with Gasteiger partial charge in [0.1, 0.15) is 0 Å². The summed E-state index contributed by atoms with van der Waals surface area (Å²) in [6.45, 7) is 3.65. The number of piperazine rings is 1. The fourth-order valence-corrected chi connectivity index (χ4v) is 3.04. The second-order valence-electron chi connectivity index (χ2n) is 6.10. The summed E-state index contributed by atoms with van der Waals surface area (Å²) in [5.74, 6) is 0.368. The van der Waals surface area contributed by atoms with Crippen molar-refractivity contribution in [2.75, 3.05) is 38.2 Å². The Balaban J connectivity index is 1.70. The fraction of sp³-hybridized carbons (Fsp3) is 0.263. The molecule has 1 fully saturated rings. The van der Waals surface area contributed by atoms with Crippen molar-refractivity contribution in [3.63, 3.8) is 0 Å². The minimum Gasteiger partial charge on any atom is -0.465 e. The van der Waals surface area contributed by atoms with E-state index in [-0.39, 0.29) is 5.97 Å². The molecule has 0 amide bonds. The van der Waals surface area contributed by atoms with Crippen molar-refractivity contribution in [2.45, 2.75) is 0 Å². The maximum absolute atomic E-state index is 11.8. The molecule has 0 saturated carbocycles. The van der Waals surface area contributed by atoms with Gasteiger partial charge in [-0.25, -0.2) is 14.8 Å². The third-order valence-electron chi connectivity index (χ3n) is 4.44. The first-order valence-corrected chi connectivity index (χ1v) is 8.52. The lowest BCUT2D eigenvalue weighted by Gasteiger charge is -2.27. The molecule has 1 N–H and O–H groups in total. The first-order valence-electron chi connectivity index (χ1n) is 8.52. The van der Waals surface area contributed by atoms with Crippen LogP contribution in [0.2, 0.25) is 0 Å². The highest BCUT2D eigenvalue weighted by Crippen LogP contribution is 2.23. The largest absolute Gasteiger partial charge is 0.465 e. The van der Waals surface area contributed by atoms with Gasteiger partial charge in [-0.15, -0.1) is 0 Å². The number of carbonyl (C=O) groups is 1. The molecular formula is C19H19N5O2. The molecule has 1 aliphatic heterocycles. The maximum Gasteiger partial charge on any atom is 0.337 e. The van der Waals surface area contributed by atoms with Crippen molar-refractivity contribution in [1.29, 1.82) is 0 Å². The molecule has 132 valence electrons. The zero-order valence-electron chi connectivity index (χ0n) is 14.5. The monoisotopic (exact) mass is 349 g/mol. The van der Waals surface area contributed by atoms with Crippen LogP contribution in [0.5, 0.6) is 0 Å². The predicted octanol–water partition coefficient (Wildman–Crippen LogP) is 1.89. The van der Waals surface area contributed by atoms with E-state index >= 15 is 0 Å². The molecule has 0 bridgehead atoms. The number of methoxy groups -OCH3 is 1. The minimum atomic E-state index is -0.361. The van der Waals surface area contributed by atoms with Crippen LogP contribution >= 0.6 is 0 Å². The molecule has 0 spiro atoms.